The van der Waals surface area contributed by atoms with Crippen LogP contribution in [0.4, 0.5) is 0 Å². The fraction of sp³-hybridized carbons (Fsp3) is 0.556. The van der Waals surface area contributed by atoms with Crippen LogP contribution >= 0.6 is 0 Å². The van der Waals surface area contributed by atoms with Gasteiger partial charge in [0.25, 0.3) is 5.91 Å². The summed E-state index contributed by atoms with van der Waals surface area (Å²) in [6.45, 7) is 2.00. The SMILES string of the molecule is CN1CCC[C@@H]1[C@H]1CCCN1C(=O)c1cccc(CC#N)c1. The maximum absolute atomic E-state index is 12.9. The van der Waals surface area contributed by atoms with Crippen LogP contribution in [-0.2, 0) is 6.42 Å². The molecule has 116 valence electrons. The van der Waals surface area contributed by atoms with Crippen molar-refractivity contribution in [1.82, 2.24) is 9.80 Å². The summed E-state index contributed by atoms with van der Waals surface area (Å²) < 4.78 is 0. The molecule has 1 amide bonds. The van der Waals surface area contributed by atoms with Crippen molar-refractivity contribution in [1.29, 1.82) is 5.26 Å². The number of hydrogen-bond acceptors (Lipinski definition) is 3. The van der Waals surface area contributed by atoms with Gasteiger partial charge in [0.05, 0.1) is 12.5 Å². The molecule has 2 aliphatic heterocycles. The van der Waals surface area contributed by atoms with Crippen LogP contribution in [-0.4, -0.2) is 47.9 Å². The standard InChI is InChI=1S/C18H23N3O/c1-20-11-3-7-16(20)17-8-4-12-21(17)18(22)15-6-2-5-14(13-15)9-10-19/h2,5-6,13,16-17H,3-4,7-9,11-12H2,1H3/t16-,17-/m1/s1. The highest BCUT2D eigenvalue weighted by Crippen LogP contribution is 2.30. The Bertz CT molecular complexity index is 592. The van der Waals surface area contributed by atoms with Crippen molar-refractivity contribution in [3.05, 3.63) is 35.4 Å². The van der Waals surface area contributed by atoms with Gasteiger partial charge in [-0.15, -0.1) is 0 Å². The van der Waals surface area contributed by atoms with E-state index in [-0.39, 0.29) is 5.91 Å². The first-order chi connectivity index (χ1) is 10.7. The van der Waals surface area contributed by atoms with Crippen molar-refractivity contribution in [2.45, 2.75) is 44.2 Å². The lowest BCUT2D eigenvalue weighted by molar-refractivity contribution is 0.0664. The van der Waals surface area contributed by atoms with Gasteiger partial charge in [-0.1, -0.05) is 12.1 Å². The molecule has 3 rings (SSSR count). The number of hydrogen-bond donors (Lipinski definition) is 0. The van der Waals surface area contributed by atoms with Gasteiger partial charge in [0.1, 0.15) is 0 Å². The predicted octanol–water partition coefficient (Wildman–Crippen LogP) is 2.45. The Hall–Kier alpha value is -1.86. The smallest absolute Gasteiger partial charge is 0.254 e. The maximum atomic E-state index is 12.9. The largest absolute Gasteiger partial charge is 0.334 e. The molecule has 2 aliphatic rings. The number of nitrogens with zero attached hydrogens (tertiary/aromatic N) is 3. The summed E-state index contributed by atoms with van der Waals surface area (Å²) >= 11 is 0. The molecule has 1 aromatic carbocycles. The third-order valence-electron chi connectivity index (χ3n) is 5.04. The van der Waals surface area contributed by atoms with Gasteiger partial charge >= 0.3 is 0 Å². The highest BCUT2D eigenvalue weighted by molar-refractivity contribution is 5.94. The molecule has 2 saturated heterocycles. The summed E-state index contributed by atoms with van der Waals surface area (Å²) in [5.41, 5.74) is 1.64. The van der Waals surface area contributed by atoms with Gasteiger partial charge in [-0.25, -0.2) is 0 Å². The number of nitriles is 1. The maximum Gasteiger partial charge on any atom is 0.254 e. The van der Waals surface area contributed by atoms with Crippen molar-refractivity contribution in [3.8, 4) is 6.07 Å². The Labute approximate surface area is 132 Å². The molecule has 0 saturated carbocycles. The average Bonchev–Trinajstić information content (AvgIpc) is 3.15. The van der Waals surface area contributed by atoms with Crippen molar-refractivity contribution in [2.24, 2.45) is 0 Å². The fourth-order valence-electron chi connectivity index (χ4n) is 3.94. The van der Waals surface area contributed by atoms with E-state index in [1.807, 2.05) is 24.3 Å². The van der Waals surface area contributed by atoms with Gasteiger partial charge < -0.3 is 9.80 Å². The second-order valence-corrected chi connectivity index (χ2v) is 6.43. The van der Waals surface area contributed by atoms with Crippen molar-refractivity contribution < 1.29 is 4.79 Å². The number of benzene rings is 1. The van der Waals surface area contributed by atoms with Crippen LogP contribution in [0.15, 0.2) is 24.3 Å². The van der Waals surface area contributed by atoms with E-state index in [1.165, 1.54) is 12.8 Å². The normalized spacial score (nSPS) is 25.4. The highest BCUT2D eigenvalue weighted by Gasteiger charge is 2.38. The van der Waals surface area contributed by atoms with E-state index >= 15 is 0 Å². The molecule has 4 heteroatoms. The molecule has 22 heavy (non-hydrogen) atoms. The van der Waals surface area contributed by atoms with E-state index in [9.17, 15) is 4.79 Å². The lowest BCUT2D eigenvalue weighted by Crippen LogP contribution is -2.47. The molecule has 0 aromatic heterocycles. The number of carbonyl (C=O) groups is 1. The lowest BCUT2D eigenvalue weighted by atomic mass is 10.0. The van der Waals surface area contributed by atoms with E-state index in [0.717, 1.165) is 37.1 Å². The van der Waals surface area contributed by atoms with Crippen LogP contribution < -0.4 is 0 Å². The van der Waals surface area contributed by atoms with Crippen LogP contribution in [0.2, 0.25) is 0 Å². The Balaban J connectivity index is 1.78. The quantitative estimate of drug-likeness (QED) is 0.861. The number of carbonyl (C=O) groups excluding carboxylic acids is 1. The summed E-state index contributed by atoms with van der Waals surface area (Å²) in [6, 6.07) is 10.5. The number of amides is 1. The molecule has 0 bridgehead atoms. The van der Waals surface area contributed by atoms with Crippen LogP contribution in [0.3, 0.4) is 0 Å². The third-order valence-corrected chi connectivity index (χ3v) is 5.04. The minimum atomic E-state index is 0.127. The van der Waals surface area contributed by atoms with Crippen molar-refractivity contribution >= 4 is 5.91 Å². The van der Waals surface area contributed by atoms with Gasteiger partial charge in [0.15, 0.2) is 0 Å². The summed E-state index contributed by atoms with van der Waals surface area (Å²) in [5.74, 6) is 0.127. The number of likely N-dealkylation sites (tertiary alicyclic amines) is 2. The second-order valence-electron chi connectivity index (χ2n) is 6.43. The van der Waals surface area contributed by atoms with Crippen LogP contribution in [0.5, 0.6) is 0 Å². The third kappa shape index (κ3) is 2.86. The molecule has 0 unspecified atom stereocenters. The zero-order valence-corrected chi connectivity index (χ0v) is 13.2. The monoisotopic (exact) mass is 297 g/mol. The topological polar surface area (TPSA) is 47.3 Å². The molecule has 4 nitrogen and oxygen atoms in total. The zero-order valence-electron chi connectivity index (χ0n) is 13.2. The van der Waals surface area contributed by atoms with Crippen molar-refractivity contribution in [2.75, 3.05) is 20.1 Å². The molecule has 0 radical (unpaired) electrons. The van der Waals surface area contributed by atoms with E-state index in [4.69, 9.17) is 5.26 Å². The number of rotatable bonds is 3. The average molecular weight is 297 g/mol. The van der Waals surface area contributed by atoms with Gasteiger partial charge in [-0.05, 0) is 57.0 Å². The number of likely N-dealkylation sites (N-methyl/N-ethyl adjacent to an activating group) is 1. The molecule has 0 aliphatic carbocycles. The molecular formula is C18H23N3O. The minimum absolute atomic E-state index is 0.127. The Morgan fingerprint density at radius 1 is 1.27 bits per heavy atom. The first kappa shape index (κ1) is 15.1. The first-order valence-corrected chi connectivity index (χ1v) is 8.18. The summed E-state index contributed by atoms with van der Waals surface area (Å²) in [6.07, 6.45) is 4.99. The Kier molecular flexibility index (Phi) is 4.44. The van der Waals surface area contributed by atoms with Gasteiger partial charge in [0.2, 0.25) is 0 Å². The van der Waals surface area contributed by atoms with Gasteiger partial charge in [0, 0.05) is 24.2 Å². The van der Waals surface area contributed by atoms with E-state index < -0.39 is 0 Å². The summed E-state index contributed by atoms with van der Waals surface area (Å²) in [7, 11) is 2.17. The molecule has 1 aromatic rings. The van der Waals surface area contributed by atoms with E-state index in [0.29, 0.717) is 18.5 Å². The summed E-state index contributed by atoms with van der Waals surface area (Å²) in [5, 5.41) is 8.82. The van der Waals surface area contributed by atoms with E-state index in [1.54, 1.807) is 0 Å². The molecule has 2 heterocycles. The lowest BCUT2D eigenvalue weighted by Gasteiger charge is -2.33. The molecular weight excluding hydrogens is 274 g/mol. The molecule has 2 atom stereocenters. The summed E-state index contributed by atoms with van der Waals surface area (Å²) in [4.78, 5) is 17.4. The minimum Gasteiger partial charge on any atom is -0.334 e. The van der Waals surface area contributed by atoms with Gasteiger partial charge in [-0.2, -0.15) is 5.26 Å². The molecule has 0 N–H and O–H groups in total. The van der Waals surface area contributed by atoms with Crippen LogP contribution in [0.1, 0.15) is 41.6 Å². The molecule has 0 spiro atoms. The Morgan fingerprint density at radius 3 is 2.77 bits per heavy atom. The van der Waals surface area contributed by atoms with Crippen molar-refractivity contribution in [3.63, 3.8) is 0 Å². The Morgan fingerprint density at radius 2 is 2.05 bits per heavy atom. The first-order valence-electron chi connectivity index (χ1n) is 8.18. The highest BCUT2D eigenvalue weighted by atomic mass is 16.2. The predicted molar refractivity (Wildman–Crippen MR) is 85.5 cm³/mol. The van der Waals surface area contributed by atoms with Crippen LogP contribution in [0.25, 0.3) is 0 Å². The zero-order chi connectivity index (χ0) is 15.5. The van der Waals surface area contributed by atoms with E-state index in [2.05, 4.69) is 22.9 Å². The van der Waals surface area contributed by atoms with Gasteiger partial charge in [-0.3, -0.25) is 4.79 Å². The second kappa shape index (κ2) is 6.50. The fourth-order valence-corrected chi connectivity index (χ4v) is 3.94. The van der Waals surface area contributed by atoms with Crippen LogP contribution in [0, 0.1) is 11.3 Å². The molecule has 2 fully saturated rings.